The molecule has 114 valence electrons. The van der Waals surface area contributed by atoms with Crippen LogP contribution >= 0.6 is 0 Å². The highest BCUT2D eigenvalue weighted by molar-refractivity contribution is 5.76. The van der Waals surface area contributed by atoms with Gasteiger partial charge in [-0.15, -0.1) is 0 Å². The molecule has 0 spiro atoms. The molecule has 2 nitrogen and oxygen atoms in total. The monoisotopic (exact) mass is 285 g/mol. The summed E-state index contributed by atoms with van der Waals surface area (Å²) in [5.41, 5.74) is 1.36. The summed E-state index contributed by atoms with van der Waals surface area (Å²) >= 11 is 0. The van der Waals surface area contributed by atoms with E-state index in [1.807, 2.05) is 0 Å². The van der Waals surface area contributed by atoms with Crippen molar-refractivity contribution in [3.05, 3.63) is 35.9 Å². The van der Waals surface area contributed by atoms with Crippen molar-refractivity contribution in [3.8, 4) is 0 Å². The zero-order valence-corrected chi connectivity index (χ0v) is 13.0. The predicted molar refractivity (Wildman–Crippen MR) is 86.1 cm³/mol. The molecule has 2 heteroatoms. The van der Waals surface area contributed by atoms with Crippen molar-refractivity contribution in [3.63, 3.8) is 0 Å². The summed E-state index contributed by atoms with van der Waals surface area (Å²) in [6, 6.07) is 11.0. The largest absolute Gasteiger partial charge is 0.339 e. The van der Waals surface area contributed by atoms with Crippen molar-refractivity contribution in [2.75, 3.05) is 6.54 Å². The first-order chi connectivity index (χ1) is 10.3. The molecule has 3 rings (SSSR count). The Hall–Kier alpha value is -1.31. The third-order valence-corrected chi connectivity index (χ3v) is 5.25. The second-order valence-corrected chi connectivity index (χ2v) is 6.76. The van der Waals surface area contributed by atoms with E-state index < -0.39 is 0 Å². The summed E-state index contributed by atoms with van der Waals surface area (Å²) in [6.45, 7) is 0.973. The van der Waals surface area contributed by atoms with Gasteiger partial charge in [0.15, 0.2) is 0 Å². The second-order valence-electron chi connectivity index (χ2n) is 6.76. The maximum absolute atomic E-state index is 12.5. The summed E-state index contributed by atoms with van der Waals surface area (Å²) in [5, 5.41) is 0. The Kier molecular flexibility index (Phi) is 4.95. The SMILES string of the molecule is O=C(CCC1CCCC1)N1CCCC1Cc1ccccc1. The van der Waals surface area contributed by atoms with Gasteiger partial charge < -0.3 is 4.90 Å². The first kappa shape index (κ1) is 14.6. The Morgan fingerprint density at radius 2 is 1.81 bits per heavy atom. The predicted octanol–water partition coefficient (Wildman–Crippen LogP) is 4.19. The van der Waals surface area contributed by atoms with Crippen LogP contribution in [-0.4, -0.2) is 23.4 Å². The van der Waals surface area contributed by atoms with Crippen LogP contribution in [0, 0.1) is 5.92 Å². The molecule has 0 radical (unpaired) electrons. The van der Waals surface area contributed by atoms with E-state index in [1.165, 1.54) is 44.1 Å². The Labute approximate surface area is 128 Å². The lowest BCUT2D eigenvalue weighted by Gasteiger charge is -2.25. The molecule has 1 aliphatic heterocycles. The number of hydrogen-bond donors (Lipinski definition) is 0. The quantitative estimate of drug-likeness (QED) is 0.794. The molecule has 1 aromatic carbocycles. The molecule has 1 heterocycles. The van der Waals surface area contributed by atoms with E-state index in [4.69, 9.17) is 0 Å². The highest BCUT2D eigenvalue weighted by Crippen LogP contribution is 2.29. The number of hydrogen-bond acceptors (Lipinski definition) is 1. The Bertz CT molecular complexity index is 450. The van der Waals surface area contributed by atoms with Crippen molar-refractivity contribution in [1.82, 2.24) is 4.90 Å². The fourth-order valence-electron chi connectivity index (χ4n) is 4.03. The lowest BCUT2D eigenvalue weighted by Crippen LogP contribution is -2.36. The molecular formula is C19H27NO. The van der Waals surface area contributed by atoms with Crippen molar-refractivity contribution < 1.29 is 4.79 Å². The maximum Gasteiger partial charge on any atom is 0.222 e. The van der Waals surface area contributed by atoms with Gasteiger partial charge in [0.25, 0.3) is 0 Å². The van der Waals surface area contributed by atoms with Crippen LogP contribution in [0.4, 0.5) is 0 Å². The topological polar surface area (TPSA) is 20.3 Å². The molecule has 0 bridgehead atoms. The second kappa shape index (κ2) is 7.11. The Morgan fingerprint density at radius 1 is 1.05 bits per heavy atom. The van der Waals surface area contributed by atoms with Crippen molar-refractivity contribution in [2.45, 2.75) is 63.8 Å². The molecule has 0 N–H and O–H groups in total. The van der Waals surface area contributed by atoms with Crippen LogP contribution in [0.5, 0.6) is 0 Å². The number of carbonyl (C=O) groups excluding carboxylic acids is 1. The zero-order valence-electron chi connectivity index (χ0n) is 13.0. The smallest absolute Gasteiger partial charge is 0.222 e. The number of benzene rings is 1. The van der Waals surface area contributed by atoms with Crippen LogP contribution in [0.2, 0.25) is 0 Å². The standard InChI is InChI=1S/C19H27NO/c21-19(13-12-16-7-4-5-8-16)20-14-6-11-18(20)15-17-9-2-1-3-10-17/h1-3,9-10,16,18H,4-8,11-15H2. The molecule has 0 aromatic heterocycles. The summed E-state index contributed by atoms with van der Waals surface area (Å²) in [5.74, 6) is 1.23. The summed E-state index contributed by atoms with van der Waals surface area (Å²) in [6.07, 6.45) is 10.7. The van der Waals surface area contributed by atoms with E-state index >= 15 is 0 Å². The van der Waals surface area contributed by atoms with Crippen LogP contribution < -0.4 is 0 Å². The molecule has 1 saturated carbocycles. The lowest BCUT2D eigenvalue weighted by molar-refractivity contribution is -0.132. The van der Waals surface area contributed by atoms with E-state index in [2.05, 4.69) is 35.2 Å². The molecule has 1 amide bonds. The van der Waals surface area contributed by atoms with Crippen LogP contribution in [0.3, 0.4) is 0 Å². The fraction of sp³-hybridized carbons (Fsp3) is 0.632. The lowest BCUT2D eigenvalue weighted by atomic mass is 10.0. The number of likely N-dealkylation sites (tertiary alicyclic amines) is 1. The molecule has 21 heavy (non-hydrogen) atoms. The van der Waals surface area contributed by atoms with E-state index in [1.54, 1.807) is 0 Å². The first-order valence-corrected chi connectivity index (χ1v) is 8.66. The van der Waals surface area contributed by atoms with E-state index in [0.717, 1.165) is 31.7 Å². The number of amides is 1. The molecule has 1 aromatic rings. The van der Waals surface area contributed by atoms with E-state index in [-0.39, 0.29) is 0 Å². The van der Waals surface area contributed by atoms with Gasteiger partial charge in [-0.1, -0.05) is 56.0 Å². The average Bonchev–Trinajstić information content (AvgIpc) is 3.17. The third-order valence-electron chi connectivity index (χ3n) is 5.25. The van der Waals surface area contributed by atoms with Crippen molar-refractivity contribution >= 4 is 5.91 Å². The van der Waals surface area contributed by atoms with Crippen LogP contribution in [-0.2, 0) is 11.2 Å². The zero-order chi connectivity index (χ0) is 14.5. The first-order valence-electron chi connectivity index (χ1n) is 8.66. The minimum atomic E-state index is 0.403. The Balaban J connectivity index is 1.52. The van der Waals surface area contributed by atoms with Gasteiger partial charge in [0, 0.05) is 19.0 Å². The molecule has 1 saturated heterocycles. The number of nitrogens with zero attached hydrogens (tertiary/aromatic N) is 1. The normalized spacial score (nSPS) is 22.9. The van der Waals surface area contributed by atoms with Crippen LogP contribution in [0.1, 0.15) is 56.9 Å². The molecule has 1 aliphatic carbocycles. The third kappa shape index (κ3) is 3.87. The van der Waals surface area contributed by atoms with Crippen LogP contribution in [0.25, 0.3) is 0 Å². The van der Waals surface area contributed by atoms with Crippen molar-refractivity contribution in [1.29, 1.82) is 0 Å². The van der Waals surface area contributed by atoms with Gasteiger partial charge in [0.2, 0.25) is 5.91 Å². The van der Waals surface area contributed by atoms with E-state index in [0.29, 0.717) is 11.9 Å². The van der Waals surface area contributed by atoms with Gasteiger partial charge in [0.1, 0.15) is 0 Å². The molecular weight excluding hydrogens is 258 g/mol. The van der Waals surface area contributed by atoms with Gasteiger partial charge in [-0.3, -0.25) is 4.79 Å². The van der Waals surface area contributed by atoms with Gasteiger partial charge in [0.05, 0.1) is 0 Å². The molecule has 1 atom stereocenters. The molecule has 1 unspecified atom stereocenters. The maximum atomic E-state index is 12.5. The minimum Gasteiger partial charge on any atom is -0.339 e. The van der Waals surface area contributed by atoms with Gasteiger partial charge in [-0.05, 0) is 37.2 Å². The van der Waals surface area contributed by atoms with E-state index in [9.17, 15) is 4.79 Å². The summed E-state index contributed by atoms with van der Waals surface area (Å²) < 4.78 is 0. The molecule has 2 fully saturated rings. The molecule has 2 aliphatic rings. The van der Waals surface area contributed by atoms with Gasteiger partial charge in [-0.25, -0.2) is 0 Å². The number of rotatable bonds is 5. The van der Waals surface area contributed by atoms with Crippen LogP contribution in [0.15, 0.2) is 30.3 Å². The van der Waals surface area contributed by atoms with Gasteiger partial charge >= 0.3 is 0 Å². The Morgan fingerprint density at radius 3 is 2.57 bits per heavy atom. The summed E-state index contributed by atoms with van der Waals surface area (Å²) in [4.78, 5) is 14.7. The summed E-state index contributed by atoms with van der Waals surface area (Å²) in [7, 11) is 0. The van der Waals surface area contributed by atoms with Gasteiger partial charge in [-0.2, -0.15) is 0 Å². The highest BCUT2D eigenvalue weighted by atomic mass is 16.2. The average molecular weight is 285 g/mol. The van der Waals surface area contributed by atoms with Crippen molar-refractivity contribution in [2.24, 2.45) is 5.92 Å². The highest BCUT2D eigenvalue weighted by Gasteiger charge is 2.29. The minimum absolute atomic E-state index is 0.403. The number of carbonyl (C=O) groups is 1. The fourth-order valence-corrected chi connectivity index (χ4v) is 4.03.